The zero-order valence-corrected chi connectivity index (χ0v) is 30.2. The van der Waals surface area contributed by atoms with E-state index < -0.39 is 41.5 Å². The van der Waals surface area contributed by atoms with Crippen LogP contribution in [0.5, 0.6) is 0 Å². The molecule has 5 heterocycles. The van der Waals surface area contributed by atoms with Crippen LogP contribution in [0, 0.1) is 5.92 Å². The number of fused-ring (bicyclic) bond motifs is 1. The third-order valence-corrected chi connectivity index (χ3v) is 9.85. The van der Waals surface area contributed by atoms with Crippen LogP contribution in [0.3, 0.4) is 0 Å². The van der Waals surface area contributed by atoms with Crippen LogP contribution in [0.4, 0.5) is 29.5 Å². The number of alkyl halides is 3. The molecule has 4 aliphatic heterocycles. The van der Waals surface area contributed by atoms with Crippen molar-refractivity contribution in [2.75, 3.05) is 69.2 Å². The first-order valence-corrected chi connectivity index (χ1v) is 18.0. The topological polar surface area (TPSA) is 114 Å². The maximum absolute atomic E-state index is 13.2. The van der Waals surface area contributed by atoms with E-state index in [4.69, 9.17) is 18.9 Å². The van der Waals surface area contributed by atoms with Gasteiger partial charge in [0.05, 0.1) is 31.1 Å². The second-order valence-electron chi connectivity index (χ2n) is 15.5. The summed E-state index contributed by atoms with van der Waals surface area (Å²) in [5, 5.41) is 5.87. The Morgan fingerprint density at radius 2 is 1.59 bits per heavy atom. The molecule has 4 atom stereocenters. The van der Waals surface area contributed by atoms with Gasteiger partial charge in [0.2, 0.25) is 0 Å². The number of piperidine rings is 1. The predicted molar refractivity (Wildman–Crippen MR) is 185 cm³/mol. The van der Waals surface area contributed by atoms with Crippen LogP contribution in [-0.2, 0) is 31.7 Å². The van der Waals surface area contributed by atoms with E-state index in [0.717, 1.165) is 64.2 Å². The van der Waals surface area contributed by atoms with E-state index in [9.17, 15) is 18.0 Å². The minimum atomic E-state index is -4.59. The molecule has 12 nitrogen and oxygen atoms in total. The summed E-state index contributed by atoms with van der Waals surface area (Å²) in [6.45, 7) is 17.6. The van der Waals surface area contributed by atoms with E-state index in [1.807, 2.05) is 34.6 Å². The van der Waals surface area contributed by atoms with Crippen LogP contribution < -0.4 is 15.5 Å². The van der Waals surface area contributed by atoms with E-state index >= 15 is 0 Å². The SMILES string of the molecule is CC(C)(C)OC(=O)NCc1ccc(N2CCC(CN3CCN(C[C@H]4OC[C@H](Nc5cncc(C(F)(F)F)n5)[C@H]5OC(C)(C)O[C@H]54)CC3)CC2)cc1. The van der Waals surface area contributed by atoms with E-state index in [1.54, 1.807) is 0 Å². The summed E-state index contributed by atoms with van der Waals surface area (Å²) in [6, 6.07) is 7.95. The highest BCUT2D eigenvalue weighted by Crippen LogP contribution is 2.37. The van der Waals surface area contributed by atoms with Crippen molar-refractivity contribution in [2.24, 2.45) is 5.92 Å². The lowest BCUT2D eigenvalue weighted by Gasteiger charge is -2.42. The van der Waals surface area contributed by atoms with Crippen molar-refractivity contribution in [1.82, 2.24) is 25.1 Å². The number of nitrogens with zero attached hydrogens (tertiary/aromatic N) is 5. The van der Waals surface area contributed by atoms with Crippen molar-refractivity contribution < 1.29 is 36.9 Å². The largest absolute Gasteiger partial charge is 0.444 e. The van der Waals surface area contributed by atoms with Gasteiger partial charge in [-0.25, -0.2) is 9.78 Å². The summed E-state index contributed by atoms with van der Waals surface area (Å²) in [4.78, 5) is 26.8. The van der Waals surface area contributed by atoms with Gasteiger partial charge in [-0.15, -0.1) is 0 Å². The lowest BCUT2D eigenvalue weighted by Crippen LogP contribution is -2.58. The first-order valence-electron chi connectivity index (χ1n) is 18.0. The van der Waals surface area contributed by atoms with Crippen LogP contribution in [0.2, 0.25) is 0 Å². The van der Waals surface area contributed by atoms with E-state index in [2.05, 4.69) is 59.6 Å². The minimum Gasteiger partial charge on any atom is -0.444 e. The number of amides is 1. The molecule has 4 aliphatic rings. The van der Waals surface area contributed by atoms with E-state index in [0.29, 0.717) is 25.2 Å². The third kappa shape index (κ3) is 10.2. The van der Waals surface area contributed by atoms with Gasteiger partial charge in [-0.2, -0.15) is 13.2 Å². The number of ether oxygens (including phenoxy) is 4. The highest BCUT2D eigenvalue weighted by molar-refractivity contribution is 5.67. The number of carbonyl (C=O) groups excluding carboxylic acids is 1. The van der Waals surface area contributed by atoms with Gasteiger partial charge >= 0.3 is 12.3 Å². The molecule has 0 radical (unpaired) electrons. The van der Waals surface area contributed by atoms with Gasteiger partial charge in [0.1, 0.15) is 23.6 Å². The van der Waals surface area contributed by atoms with Gasteiger partial charge in [-0.05, 0) is 71.1 Å². The number of halogens is 3. The summed E-state index contributed by atoms with van der Waals surface area (Å²) in [5.74, 6) is -0.172. The second kappa shape index (κ2) is 15.4. The maximum Gasteiger partial charge on any atom is 0.434 e. The summed E-state index contributed by atoms with van der Waals surface area (Å²) < 4.78 is 63.8. The summed E-state index contributed by atoms with van der Waals surface area (Å²) >= 11 is 0. The zero-order valence-electron chi connectivity index (χ0n) is 30.2. The molecule has 0 unspecified atom stereocenters. The molecular formula is C36H52F3N7O5. The molecule has 6 rings (SSSR count). The smallest absolute Gasteiger partial charge is 0.434 e. The number of hydrogen-bond donors (Lipinski definition) is 2. The first-order chi connectivity index (χ1) is 24.1. The van der Waals surface area contributed by atoms with Crippen LogP contribution in [0.25, 0.3) is 0 Å². The Morgan fingerprint density at radius 1 is 0.941 bits per heavy atom. The standard InChI is InChI=1S/C36H52F3N7O5/c1-34(2,3)51-33(47)41-18-24-6-8-26(9-7-24)46-12-10-25(11-13-46)21-44-14-16-45(17-15-44)22-28-32-31(49-35(4,5)50-32)27(23-48-28)42-30-20-40-19-29(43-30)36(37,38)39/h6-9,19-20,25,27-28,31-32H,10-18,21-23H2,1-5H3,(H,41,47)(H,42,43)/t27-,28+,31+,32-/m0/s1. The quantitative estimate of drug-likeness (QED) is 0.375. The van der Waals surface area contributed by atoms with Crippen LogP contribution in [0.1, 0.15) is 58.7 Å². The minimum absolute atomic E-state index is 0.0194. The first kappa shape index (κ1) is 37.5. The maximum atomic E-state index is 13.2. The molecule has 282 valence electrons. The molecule has 4 saturated heterocycles. The molecule has 0 saturated carbocycles. The van der Waals surface area contributed by atoms with Crippen molar-refractivity contribution in [2.45, 2.75) is 95.9 Å². The Labute approximate surface area is 298 Å². The number of piperazine rings is 1. The van der Waals surface area contributed by atoms with Gasteiger partial charge < -0.3 is 39.4 Å². The highest BCUT2D eigenvalue weighted by atomic mass is 19.4. The summed E-state index contributed by atoms with van der Waals surface area (Å²) in [6.07, 6.45) is -1.74. The van der Waals surface area contributed by atoms with E-state index in [-0.39, 0.29) is 24.6 Å². The monoisotopic (exact) mass is 719 g/mol. The number of benzene rings is 1. The lowest BCUT2D eigenvalue weighted by atomic mass is 9.95. The Bertz CT molecular complexity index is 1460. The number of anilines is 2. The fourth-order valence-corrected chi connectivity index (χ4v) is 7.34. The molecule has 4 fully saturated rings. The molecule has 0 bridgehead atoms. The Hall–Kier alpha value is -3.24. The van der Waals surface area contributed by atoms with Gasteiger partial charge in [0.25, 0.3) is 0 Å². The van der Waals surface area contributed by atoms with Gasteiger partial charge in [0.15, 0.2) is 11.5 Å². The normalized spacial score (nSPS) is 26.5. The molecule has 0 spiro atoms. The average Bonchev–Trinajstić information content (AvgIpc) is 3.41. The Morgan fingerprint density at radius 3 is 2.24 bits per heavy atom. The Balaban J connectivity index is 0.922. The zero-order chi connectivity index (χ0) is 36.4. The number of hydrogen-bond acceptors (Lipinski definition) is 11. The van der Waals surface area contributed by atoms with E-state index in [1.165, 1.54) is 11.9 Å². The van der Waals surface area contributed by atoms with Gasteiger partial charge in [-0.3, -0.25) is 9.88 Å². The van der Waals surface area contributed by atoms with Crippen LogP contribution >= 0.6 is 0 Å². The molecule has 2 aromatic rings. The number of alkyl carbamates (subject to hydrolysis) is 1. The molecule has 51 heavy (non-hydrogen) atoms. The number of carbonyl (C=O) groups is 1. The average molecular weight is 720 g/mol. The van der Waals surface area contributed by atoms with Crippen LogP contribution in [-0.4, -0.2) is 121 Å². The number of nitrogens with one attached hydrogen (secondary N) is 2. The summed E-state index contributed by atoms with van der Waals surface area (Å²) in [7, 11) is 0. The molecule has 1 aromatic carbocycles. The number of rotatable bonds is 9. The summed E-state index contributed by atoms with van der Waals surface area (Å²) in [5.41, 5.74) is 0.671. The van der Waals surface area contributed by atoms with Crippen molar-refractivity contribution in [3.05, 3.63) is 47.9 Å². The van der Waals surface area contributed by atoms with Gasteiger partial charge in [-0.1, -0.05) is 12.1 Å². The molecule has 1 amide bonds. The van der Waals surface area contributed by atoms with Crippen molar-refractivity contribution in [1.29, 1.82) is 0 Å². The Kier molecular flexibility index (Phi) is 11.3. The van der Waals surface area contributed by atoms with Crippen molar-refractivity contribution in [3.8, 4) is 0 Å². The second-order valence-corrected chi connectivity index (χ2v) is 15.5. The molecule has 2 N–H and O–H groups in total. The van der Waals surface area contributed by atoms with Crippen LogP contribution in [0.15, 0.2) is 36.7 Å². The molecule has 15 heteroatoms. The fourth-order valence-electron chi connectivity index (χ4n) is 7.34. The van der Waals surface area contributed by atoms with Crippen molar-refractivity contribution >= 4 is 17.6 Å². The third-order valence-electron chi connectivity index (χ3n) is 9.85. The predicted octanol–water partition coefficient (Wildman–Crippen LogP) is 4.75. The molecular weight excluding hydrogens is 667 g/mol. The highest BCUT2D eigenvalue weighted by Gasteiger charge is 2.52. The van der Waals surface area contributed by atoms with Crippen molar-refractivity contribution in [3.63, 3.8) is 0 Å². The number of aromatic nitrogens is 2. The lowest BCUT2D eigenvalue weighted by molar-refractivity contribution is -0.156. The fraction of sp³-hybridized carbons (Fsp3) is 0.694. The molecule has 1 aromatic heterocycles. The molecule has 0 aliphatic carbocycles. The van der Waals surface area contributed by atoms with Gasteiger partial charge in [0, 0.05) is 64.6 Å².